The summed E-state index contributed by atoms with van der Waals surface area (Å²) in [5.74, 6) is -0.770. The molecular formula is C17H17FN4OS. The molecule has 0 atom stereocenters. The van der Waals surface area contributed by atoms with E-state index >= 15 is 0 Å². The summed E-state index contributed by atoms with van der Waals surface area (Å²) in [5, 5.41) is 9.88. The van der Waals surface area contributed by atoms with E-state index in [1.54, 1.807) is 22.3 Å². The summed E-state index contributed by atoms with van der Waals surface area (Å²) in [7, 11) is 0. The standard InChI is InChI=1S/C17H17FN4OS/c1-2-14-11-20-17(24-14)22-7-5-21(6-8-22)16(23)12-3-4-15(18)13(9-12)10-19/h3-4,9,11H,2,5-8H2,1H3. The molecule has 0 N–H and O–H groups in total. The smallest absolute Gasteiger partial charge is 0.254 e. The molecule has 5 nitrogen and oxygen atoms in total. The van der Waals surface area contributed by atoms with Gasteiger partial charge < -0.3 is 9.80 Å². The normalized spacial score (nSPS) is 14.5. The fraction of sp³-hybridized carbons (Fsp3) is 0.353. The maximum absolute atomic E-state index is 13.4. The van der Waals surface area contributed by atoms with Gasteiger partial charge in [-0.15, -0.1) is 11.3 Å². The topological polar surface area (TPSA) is 60.2 Å². The van der Waals surface area contributed by atoms with Gasteiger partial charge in [0.2, 0.25) is 0 Å². The Morgan fingerprint density at radius 2 is 2.12 bits per heavy atom. The first kappa shape index (κ1) is 16.4. The van der Waals surface area contributed by atoms with E-state index in [2.05, 4.69) is 16.8 Å². The molecule has 3 rings (SSSR count). The highest BCUT2D eigenvalue weighted by Gasteiger charge is 2.24. The van der Waals surface area contributed by atoms with E-state index in [0.717, 1.165) is 11.6 Å². The second-order valence-electron chi connectivity index (χ2n) is 5.55. The highest BCUT2D eigenvalue weighted by atomic mass is 32.1. The zero-order valence-electron chi connectivity index (χ0n) is 13.3. The number of amides is 1. The third-order valence-electron chi connectivity index (χ3n) is 4.06. The highest BCUT2D eigenvalue weighted by Crippen LogP contribution is 2.24. The van der Waals surface area contributed by atoms with Crippen LogP contribution in [0.4, 0.5) is 9.52 Å². The Morgan fingerprint density at radius 3 is 2.75 bits per heavy atom. The molecule has 2 heterocycles. The van der Waals surface area contributed by atoms with Crippen LogP contribution >= 0.6 is 11.3 Å². The number of hydrogen-bond acceptors (Lipinski definition) is 5. The van der Waals surface area contributed by atoms with Gasteiger partial charge in [0.05, 0.1) is 5.56 Å². The van der Waals surface area contributed by atoms with Gasteiger partial charge in [-0.2, -0.15) is 5.26 Å². The fourth-order valence-corrected chi connectivity index (χ4v) is 3.54. The minimum absolute atomic E-state index is 0.102. The van der Waals surface area contributed by atoms with Crippen molar-refractivity contribution < 1.29 is 9.18 Å². The van der Waals surface area contributed by atoms with Gasteiger partial charge in [-0.3, -0.25) is 4.79 Å². The Kier molecular flexibility index (Phi) is 4.76. The maximum Gasteiger partial charge on any atom is 0.254 e. The van der Waals surface area contributed by atoms with Crippen LogP contribution in [0.15, 0.2) is 24.4 Å². The van der Waals surface area contributed by atoms with Gasteiger partial charge in [0.25, 0.3) is 5.91 Å². The molecule has 0 spiro atoms. The molecule has 2 aromatic rings. The number of piperazine rings is 1. The van der Waals surface area contributed by atoms with Crippen LogP contribution in [0.1, 0.15) is 27.7 Å². The predicted molar refractivity (Wildman–Crippen MR) is 90.7 cm³/mol. The summed E-state index contributed by atoms with van der Waals surface area (Å²) in [4.78, 5) is 22.1. The minimum atomic E-state index is -0.602. The average molecular weight is 344 g/mol. The molecule has 7 heteroatoms. The van der Waals surface area contributed by atoms with Crippen molar-refractivity contribution in [2.24, 2.45) is 0 Å². The lowest BCUT2D eigenvalue weighted by molar-refractivity contribution is 0.0746. The molecule has 0 unspecified atom stereocenters. The lowest BCUT2D eigenvalue weighted by atomic mass is 10.1. The molecule has 1 amide bonds. The molecule has 1 fully saturated rings. The quantitative estimate of drug-likeness (QED) is 0.859. The summed E-state index contributed by atoms with van der Waals surface area (Å²) in [6.07, 6.45) is 2.88. The van der Waals surface area contributed by atoms with Crippen LogP contribution in [0.25, 0.3) is 0 Å². The van der Waals surface area contributed by atoms with Crippen molar-refractivity contribution in [1.29, 1.82) is 5.26 Å². The third-order valence-corrected chi connectivity index (χ3v) is 5.26. The number of nitrogens with zero attached hydrogens (tertiary/aromatic N) is 4. The molecule has 24 heavy (non-hydrogen) atoms. The predicted octanol–water partition coefficient (Wildman–Crippen LogP) is 2.68. The zero-order valence-corrected chi connectivity index (χ0v) is 14.1. The number of benzene rings is 1. The number of aryl methyl sites for hydroxylation is 1. The molecule has 0 saturated carbocycles. The Bertz CT molecular complexity index is 790. The molecule has 0 aliphatic carbocycles. The maximum atomic E-state index is 13.4. The largest absolute Gasteiger partial charge is 0.345 e. The first-order valence-electron chi connectivity index (χ1n) is 7.81. The second kappa shape index (κ2) is 6.97. The van der Waals surface area contributed by atoms with Gasteiger partial charge in [-0.25, -0.2) is 9.37 Å². The van der Waals surface area contributed by atoms with Crippen molar-refractivity contribution >= 4 is 22.4 Å². The first-order chi connectivity index (χ1) is 11.6. The number of hydrogen-bond donors (Lipinski definition) is 0. The molecule has 1 aromatic heterocycles. The number of aromatic nitrogens is 1. The Hall–Kier alpha value is -2.46. The average Bonchev–Trinajstić information content (AvgIpc) is 3.11. The van der Waals surface area contributed by atoms with Crippen LogP contribution in [0, 0.1) is 17.1 Å². The molecule has 0 radical (unpaired) electrons. The van der Waals surface area contributed by atoms with Crippen molar-refractivity contribution in [2.75, 3.05) is 31.1 Å². The number of anilines is 1. The Morgan fingerprint density at radius 1 is 1.38 bits per heavy atom. The summed E-state index contributed by atoms with van der Waals surface area (Å²) >= 11 is 1.69. The zero-order chi connectivity index (χ0) is 17.1. The summed E-state index contributed by atoms with van der Waals surface area (Å²) < 4.78 is 13.4. The first-order valence-corrected chi connectivity index (χ1v) is 8.62. The van der Waals surface area contributed by atoms with Gasteiger partial charge in [-0.05, 0) is 24.6 Å². The molecule has 0 bridgehead atoms. The van der Waals surface area contributed by atoms with Crippen LogP contribution in [-0.4, -0.2) is 42.0 Å². The molecule has 1 saturated heterocycles. The molecule has 1 aromatic carbocycles. The number of halogens is 1. The van der Waals surface area contributed by atoms with Gasteiger partial charge in [-0.1, -0.05) is 6.92 Å². The van der Waals surface area contributed by atoms with Crippen LogP contribution < -0.4 is 4.90 Å². The van der Waals surface area contributed by atoms with Gasteiger partial charge in [0.1, 0.15) is 11.9 Å². The van der Waals surface area contributed by atoms with Gasteiger partial charge in [0.15, 0.2) is 5.13 Å². The third kappa shape index (κ3) is 3.24. The summed E-state index contributed by atoms with van der Waals surface area (Å²) in [6, 6.07) is 5.69. The molecule has 1 aliphatic heterocycles. The second-order valence-corrected chi connectivity index (χ2v) is 6.64. The van der Waals surface area contributed by atoms with Gasteiger partial charge >= 0.3 is 0 Å². The highest BCUT2D eigenvalue weighted by molar-refractivity contribution is 7.15. The van der Waals surface area contributed by atoms with Crippen molar-refractivity contribution in [3.8, 4) is 6.07 Å². The Balaban J connectivity index is 1.66. The number of rotatable bonds is 3. The number of thiazole rings is 1. The van der Waals surface area contributed by atoms with Crippen molar-refractivity contribution in [2.45, 2.75) is 13.3 Å². The monoisotopic (exact) mass is 344 g/mol. The van der Waals surface area contributed by atoms with E-state index in [4.69, 9.17) is 5.26 Å². The SMILES string of the molecule is CCc1cnc(N2CCN(C(=O)c3ccc(F)c(C#N)c3)CC2)s1. The van der Waals surface area contributed by atoms with Crippen LogP contribution in [0.2, 0.25) is 0 Å². The molecular weight excluding hydrogens is 327 g/mol. The van der Waals surface area contributed by atoms with Crippen molar-refractivity contribution in [3.05, 3.63) is 46.2 Å². The van der Waals surface area contributed by atoms with Gasteiger partial charge in [0, 0.05) is 42.8 Å². The van der Waals surface area contributed by atoms with E-state index in [-0.39, 0.29) is 11.5 Å². The van der Waals surface area contributed by atoms with E-state index in [1.165, 1.54) is 23.1 Å². The number of carbonyl (C=O) groups is 1. The summed E-state index contributed by atoms with van der Waals surface area (Å²) in [5.41, 5.74) is 0.248. The molecule has 124 valence electrons. The number of carbonyl (C=O) groups excluding carboxylic acids is 1. The van der Waals surface area contributed by atoms with E-state index in [0.29, 0.717) is 31.7 Å². The van der Waals surface area contributed by atoms with Crippen LogP contribution in [0.5, 0.6) is 0 Å². The Labute approximate surface area is 144 Å². The number of nitriles is 1. The van der Waals surface area contributed by atoms with E-state index in [9.17, 15) is 9.18 Å². The molecule has 1 aliphatic rings. The lowest BCUT2D eigenvalue weighted by Crippen LogP contribution is -2.48. The summed E-state index contributed by atoms with van der Waals surface area (Å²) in [6.45, 7) is 4.70. The van der Waals surface area contributed by atoms with Crippen LogP contribution in [-0.2, 0) is 6.42 Å². The minimum Gasteiger partial charge on any atom is -0.345 e. The van der Waals surface area contributed by atoms with Crippen LogP contribution in [0.3, 0.4) is 0 Å². The lowest BCUT2D eigenvalue weighted by Gasteiger charge is -2.34. The van der Waals surface area contributed by atoms with Crippen molar-refractivity contribution in [1.82, 2.24) is 9.88 Å². The fourth-order valence-electron chi connectivity index (χ4n) is 2.63. The van der Waals surface area contributed by atoms with Crippen molar-refractivity contribution in [3.63, 3.8) is 0 Å². The van der Waals surface area contributed by atoms with E-state index in [1.807, 2.05) is 6.20 Å². The van der Waals surface area contributed by atoms with E-state index < -0.39 is 5.82 Å².